The molecule has 2 aromatic carbocycles. The summed E-state index contributed by atoms with van der Waals surface area (Å²) in [4.78, 5) is 28.8. The molecular formula is C25H30F3N3O4. The molecule has 7 nitrogen and oxygen atoms in total. The number of piperazine rings is 1. The van der Waals surface area contributed by atoms with Crippen LogP contribution >= 0.6 is 0 Å². The van der Waals surface area contributed by atoms with E-state index in [1.165, 1.54) is 25.3 Å². The van der Waals surface area contributed by atoms with E-state index in [4.69, 9.17) is 9.47 Å². The highest BCUT2D eigenvalue weighted by Crippen LogP contribution is 2.34. The first-order valence-electron chi connectivity index (χ1n) is 11.5. The fourth-order valence-corrected chi connectivity index (χ4v) is 3.77. The number of carbonyl (C=O) groups excluding carboxylic acids is 2. The summed E-state index contributed by atoms with van der Waals surface area (Å²) in [6.45, 7) is 4.21. The van der Waals surface area contributed by atoms with Crippen LogP contribution in [-0.4, -0.2) is 68.1 Å². The molecular weight excluding hydrogens is 463 g/mol. The van der Waals surface area contributed by atoms with Gasteiger partial charge in [0.05, 0.1) is 31.5 Å². The lowest BCUT2D eigenvalue weighted by atomic mass is 10.1. The Bertz CT molecular complexity index is 1020. The minimum Gasteiger partial charge on any atom is -0.493 e. The molecule has 2 aromatic rings. The normalized spacial score (nSPS) is 14.5. The van der Waals surface area contributed by atoms with Gasteiger partial charge in [-0.1, -0.05) is 25.5 Å². The van der Waals surface area contributed by atoms with Crippen molar-refractivity contribution in [3.63, 3.8) is 0 Å². The summed E-state index contributed by atoms with van der Waals surface area (Å²) >= 11 is 0. The molecule has 35 heavy (non-hydrogen) atoms. The molecule has 1 N–H and O–H groups in total. The zero-order valence-corrected chi connectivity index (χ0v) is 19.9. The average Bonchev–Trinajstić information content (AvgIpc) is 2.84. The largest absolute Gasteiger partial charge is 0.493 e. The highest BCUT2D eigenvalue weighted by Gasteiger charge is 2.33. The molecule has 10 heteroatoms. The van der Waals surface area contributed by atoms with Crippen molar-refractivity contribution in [2.24, 2.45) is 0 Å². The van der Waals surface area contributed by atoms with Gasteiger partial charge in [-0.2, -0.15) is 13.2 Å². The third-order valence-electron chi connectivity index (χ3n) is 5.70. The van der Waals surface area contributed by atoms with Gasteiger partial charge in [0.2, 0.25) is 5.91 Å². The number of rotatable bonds is 9. The van der Waals surface area contributed by atoms with Crippen LogP contribution in [0.1, 0.15) is 35.7 Å². The number of ether oxygens (including phenoxy) is 2. The predicted octanol–water partition coefficient (Wildman–Crippen LogP) is 4.29. The van der Waals surface area contributed by atoms with Gasteiger partial charge in [0.1, 0.15) is 0 Å². The van der Waals surface area contributed by atoms with E-state index in [9.17, 15) is 22.8 Å². The van der Waals surface area contributed by atoms with Gasteiger partial charge in [0, 0.05) is 31.7 Å². The van der Waals surface area contributed by atoms with Crippen LogP contribution in [-0.2, 0) is 11.0 Å². The molecule has 0 radical (unpaired) electrons. The maximum Gasteiger partial charge on any atom is 0.418 e. The monoisotopic (exact) mass is 493 g/mol. The van der Waals surface area contributed by atoms with Crippen molar-refractivity contribution < 1.29 is 32.2 Å². The number of methoxy groups -OCH3 is 1. The van der Waals surface area contributed by atoms with Crippen LogP contribution < -0.4 is 14.8 Å². The highest BCUT2D eigenvalue weighted by atomic mass is 19.4. The Hall–Kier alpha value is -3.27. The number of halogens is 3. The Labute approximate surface area is 202 Å². The summed E-state index contributed by atoms with van der Waals surface area (Å²) in [6.07, 6.45) is -2.63. The number of alkyl halides is 3. The van der Waals surface area contributed by atoms with E-state index in [1.54, 1.807) is 28.0 Å². The van der Waals surface area contributed by atoms with E-state index in [0.717, 1.165) is 18.9 Å². The van der Waals surface area contributed by atoms with E-state index in [-0.39, 0.29) is 18.1 Å². The van der Waals surface area contributed by atoms with Crippen LogP contribution in [0.15, 0.2) is 42.5 Å². The number of hydrogen-bond acceptors (Lipinski definition) is 5. The third-order valence-corrected chi connectivity index (χ3v) is 5.70. The Kier molecular flexibility index (Phi) is 8.97. The van der Waals surface area contributed by atoms with Crippen molar-refractivity contribution in [2.75, 3.05) is 51.8 Å². The second kappa shape index (κ2) is 11.9. The van der Waals surface area contributed by atoms with Crippen LogP contribution in [0, 0.1) is 0 Å². The first-order chi connectivity index (χ1) is 16.7. The minimum atomic E-state index is -4.56. The number of amides is 2. The van der Waals surface area contributed by atoms with Gasteiger partial charge in [0.15, 0.2) is 11.5 Å². The van der Waals surface area contributed by atoms with E-state index in [0.29, 0.717) is 49.8 Å². The second-order valence-electron chi connectivity index (χ2n) is 8.23. The summed E-state index contributed by atoms with van der Waals surface area (Å²) in [7, 11) is 1.52. The van der Waals surface area contributed by atoms with E-state index < -0.39 is 17.6 Å². The topological polar surface area (TPSA) is 71.1 Å². The molecule has 0 saturated carbocycles. The van der Waals surface area contributed by atoms with Crippen LogP contribution in [0.3, 0.4) is 0 Å². The second-order valence-corrected chi connectivity index (χ2v) is 8.23. The number of nitrogens with one attached hydrogen (secondary N) is 1. The van der Waals surface area contributed by atoms with Gasteiger partial charge in [-0.15, -0.1) is 0 Å². The summed E-state index contributed by atoms with van der Waals surface area (Å²) < 4.78 is 50.5. The predicted molar refractivity (Wildman–Crippen MR) is 126 cm³/mol. The third kappa shape index (κ3) is 7.11. The van der Waals surface area contributed by atoms with Gasteiger partial charge in [-0.25, -0.2) is 0 Å². The lowest BCUT2D eigenvalue weighted by molar-refractivity contribution is -0.137. The van der Waals surface area contributed by atoms with Crippen molar-refractivity contribution in [3.8, 4) is 11.5 Å². The summed E-state index contributed by atoms with van der Waals surface area (Å²) in [6, 6.07) is 9.95. The lowest BCUT2D eigenvalue weighted by Crippen LogP contribution is -2.50. The summed E-state index contributed by atoms with van der Waals surface area (Å²) in [5, 5.41) is 2.35. The Morgan fingerprint density at radius 2 is 1.74 bits per heavy atom. The maximum atomic E-state index is 13.1. The SMILES string of the molecule is CCCCOc1ccc(C(=O)N2CCN(CC(=O)Nc3ccccc3C(F)(F)F)CC2)cc1OC. The first kappa shape index (κ1) is 26.3. The van der Waals surface area contributed by atoms with Crippen molar-refractivity contribution in [1.82, 2.24) is 9.80 Å². The number of unbranched alkanes of at least 4 members (excludes halogenated alkanes) is 1. The molecule has 3 rings (SSSR count). The number of benzene rings is 2. The molecule has 0 aromatic heterocycles. The van der Waals surface area contributed by atoms with Gasteiger partial charge >= 0.3 is 6.18 Å². The quantitative estimate of drug-likeness (QED) is 0.528. The molecule has 1 saturated heterocycles. The standard InChI is InChI=1S/C25H30F3N3O4/c1-3-4-15-35-21-10-9-18(16-22(21)34-2)24(33)31-13-11-30(12-14-31)17-23(32)29-20-8-6-5-7-19(20)25(26,27)28/h5-10,16H,3-4,11-15,17H2,1-2H3,(H,29,32). The average molecular weight is 494 g/mol. The molecule has 2 amide bonds. The molecule has 0 spiro atoms. The van der Waals surface area contributed by atoms with Gasteiger partial charge in [0.25, 0.3) is 5.91 Å². The number of anilines is 1. The van der Waals surface area contributed by atoms with Crippen LogP contribution in [0.25, 0.3) is 0 Å². The number of nitrogens with zero attached hydrogens (tertiary/aromatic N) is 2. The van der Waals surface area contributed by atoms with E-state index in [1.807, 2.05) is 0 Å². The van der Waals surface area contributed by atoms with Gasteiger partial charge in [-0.05, 0) is 36.8 Å². The molecule has 190 valence electrons. The van der Waals surface area contributed by atoms with Crippen molar-refractivity contribution in [2.45, 2.75) is 25.9 Å². The molecule has 0 aliphatic carbocycles. The Morgan fingerprint density at radius 1 is 1.03 bits per heavy atom. The van der Waals surface area contributed by atoms with E-state index in [2.05, 4.69) is 12.2 Å². The Morgan fingerprint density at radius 3 is 2.40 bits per heavy atom. The molecule has 0 bridgehead atoms. The molecule has 1 aliphatic heterocycles. The zero-order valence-electron chi connectivity index (χ0n) is 19.9. The highest BCUT2D eigenvalue weighted by molar-refractivity contribution is 5.95. The fraction of sp³-hybridized carbons (Fsp3) is 0.440. The molecule has 0 atom stereocenters. The molecule has 1 aliphatic rings. The first-order valence-corrected chi connectivity index (χ1v) is 11.5. The molecule has 1 fully saturated rings. The van der Waals surface area contributed by atoms with Crippen molar-refractivity contribution in [3.05, 3.63) is 53.6 Å². The van der Waals surface area contributed by atoms with Crippen LogP contribution in [0.4, 0.5) is 18.9 Å². The van der Waals surface area contributed by atoms with Crippen LogP contribution in [0.2, 0.25) is 0 Å². The molecule has 1 heterocycles. The maximum absolute atomic E-state index is 13.1. The smallest absolute Gasteiger partial charge is 0.418 e. The minimum absolute atomic E-state index is 0.0637. The Balaban J connectivity index is 1.53. The molecule has 0 unspecified atom stereocenters. The van der Waals surface area contributed by atoms with Crippen molar-refractivity contribution >= 4 is 17.5 Å². The van der Waals surface area contributed by atoms with Gasteiger partial charge in [-0.3, -0.25) is 14.5 Å². The summed E-state index contributed by atoms with van der Waals surface area (Å²) in [5.74, 6) is 0.373. The summed E-state index contributed by atoms with van der Waals surface area (Å²) in [5.41, 5.74) is -0.685. The zero-order chi connectivity index (χ0) is 25.4. The van der Waals surface area contributed by atoms with E-state index >= 15 is 0 Å². The number of carbonyl (C=O) groups is 2. The fourth-order valence-electron chi connectivity index (χ4n) is 3.77. The lowest BCUT2D eigenvalue weighted by Gasteiger charge is -2.34. The number of hydrogen-bond donors (Lipinski definition) is 1. The number of para-hydroxylation sites is 1. The van der Waals surface area contributed by atoms with Gasteiger partial charge < -0.3 is 19.7 Å². The van der Waals surface area contributed by atoms with Crippen LogP contribution in [0.5, 0.6) is 11.5 Å². The van der Waals surface area contributed by atoms with Crippen molar-refractivity contribution in [1.29, 1.82) is 0 Å².